The minimum atomic E-state index is 0.255. The lowest BCUT2D eigenvalue weighted by Crippen LogP contribution is -2.23. The molecule has 3 rings (SSSR count). The number of nitrogens with zero attached hydrogens (tertiary/aromatic N) is 4. The third-order valence-electron chi connectivity index (χ3n) is 3.79. The van der Waals surface area contributed by atoms with E-state index in [1.807, 2.05) is 12.1 Å². The van der Waals surface area contributed by atoms with E-state index in [1.165, 1.54) is 4.88 Å². The lowest BCUT2D eigenvalue weighted by Gasteiger charge is -2.24. The molecule has 0 aliphatic rings. The van der Waals surface area contributed by atoms with Gasteiger partial charge in [-0.25, -0.2) is 9.61 Å². The Hall–Kier alpha value is -1.79. The van der Waals surface area contributed by atoms with E-state index < -0.39 is 0 Å². The molecule has 1 aromatic carbocycles. The van der Waals surface area contributed by atoms with Crippen LogP contribution in [0.1, 0.15) is 34.1 Å². The van der Waals surface area contributed by atoms with Gasteiger partial charge < -0.3 is 0 Å². The number of benzene rings is 1. The maximum absolute atomic E-state index is 4.83. The van der Waals surface area contributed by atoms with Crippen LogP contribution >= 0.6 is 11.3 Å². The van der Waals surface area contributed by atoms with Gasteiger partial charge in [0.15, 0.2) is 0 Å². The van der Waals surface area contributed by atoms with Gasteiger partial charge in [-0.3, -0.25) is 4.90 Å². The summed E-state index contributed by atoms with van der Waals surface area (Å²) in [5.74, 6) is 0. The van der Waals surface area contributed by atoms with Gasteiger partial charge in [0.2, 0.25) is 0 Å². The highest BCUT2D eigenvalue weighted by Gasteiger charge is 2.19. The smallest absolute Gasteiger partial charge is 0.139 e. The topological polar surface area (TPSA) is 55.1 Å². The van der Waals surface area contributed by atoms with Crippen LogP contribution in [0.15, 0.2) is 22.8 Å². The Morgan fingerprint density at radius 2 is 2.10 bits per heavy atom. The van der Waals surface area contributed by atoms with Crippen LogP contribution in [-0.2, 0) is 6.54 Å². The van der Waals surface area contributed by atoms with Gasteiger partial charge in [0, 0.05) is 11.4 Å². The van der Waals surface area contributed by atoms with Crippen LogP contribution in [0.5, 0.6) is 0 Å². The Kier molecular flexibility index (Phi) is 3.73. The maximum Gasteiger partial charge on any atom is 0.139 e. The number of aryl methyl sites for hydroxylation is 2. The quantitative estimate of drug-likeness (QED) is 0.738. The molecule has 0 spiro atoms. The second-order valence-electron chi connectivity index (χ2n) is 5.31. The molecule has 21 heavy (non-hydrogen) atoms. The standard InChI is InChI=1S/C15H18N4OS/c1-9(14-10(2)21-11(3)16-14)19(4)8-12-6-5-7-13-15(12)18-20-17-13/h5-7,9H,8H2,1-4H3/t9-/m0/s1. The van der Waals surface area contributed by atoms with Crippen molar-refractivity contribution < 1.29 is 4.63 Å². The maximum atomic E-state index is 4.83. The Morgan fingerprint density at radius 3 is 2.81 bits per heavy atom. The second-order valence-corrected chi connectivity index (χ2v) is 6.72. The number of hydrogen-bond acceptors (Lipinski definition) is 6. The fraction of sp³-hybridized carbons (Fsp3) is 0.400. The van der Waals surface area contributed by atoms with Gasteiger partial charge in [-0.15, -0.1) is 11.3 Å². The monoisotopic (exact) mass is 302 g/mol. The van der Waals surface area contributed by atoms with E-state index in [0.717, 1.165) is 33.8 Å². The Morgan fingerprint density at radius 1 is 1.29 bits per heavy atom. The van der Waals surface area contributed by atoms with Gasteiger partial charge >= 0.3 is 0 Å². The summed E-state index contributed by atoms with van der Waals surface area (Å²) >= 11 is 1.75. The summed E-state index contributed by atoms with van der Waals surface area (Å²) in [5, 5.41) is 9.01. The van der Waals surface area contributed by atoms with Gasteiger partial charge in [0.1, 0.15) is 11.0 Å². The van der Waals surface area contributed by atoms with Gasteiger partial charge in [-0.2, -0.15) is 0 Å². The summed E-state index contributed by atoms with van der Waals surface area (Å²) < 4.78 is 4.83. The zero-order chi connectivity index (χ0) is 15.0. The van der Waals surface area contributed by atoms with E-state index in [1.54, 1.807) is 11.3 Å². The second kappa shape index (κ2) is 5.54. The normalized spacial score (nSPS) is 13.2. The third-order valence-corrected chi connectivity index (χ3v) is 4.69. The average Bonchev–Trinajstić information content (AvgIpc) is 3.04. The number of aromatic nitrogens is 3. The highest BCUT2D eigenvalue weighted by atomic mass is 32.1. The summed E-state index contributed by atoms with van der Waals surface area (Å²) in [4.78, 5) is 8.21. The van der Waals surface area contributed by atoms with E-state index in [0.29, 0.717) is 0 Å². The molecule has 0 bridgehead atoms. The van der Waals surface area contributed by atoms with Crippen molar-refractivity contribution >= 4 is 22.4 Å². The highest BCUT2D eigenvalue weighted by molar-refractivity contribution is 7.11. The molecule has 1 atom stereocenters. The van der Waals surface area contributed by atoms with E-state index in [2.05, 4.69) is 54.1 Å². The molecule has 0 amide bonds. The Bertz CT molecular complexity index is 764. The zero-order valence-corrected chi connectivity index (χ0v) is 13.4. The third kappa shape index (κ3) is 2.69. The zero-order valence-electron chi connectivity index (χ0n) is 12.6. The summed E-state index contributed by atoms with van der Waals surface area (Å²) in [6.07, 6.45) is 0. The van der Waals surface area contributed by atoms with Crippen LogP contribution in [0.2, 0.25) is 0 Å². The fourth-order valence-corrected chi connectivity index (χ4v) is 3.44. The van der Waals surface area contributed by atoms with Crippen molar-refractivity contribution in [3.8, 4) is 0 Å². The molecule has 6 heteroatoms. The first-order valence-electron chi connectivity index (χ1n) is 6.90. The molecule has 0 unspecified atom stereocenters. The Balaban J connectivity index is 1.84. The number of hydrogen-bond donors (Lipinski definition) is 0. The van der Waals surface area contributed by atoms with Crippen molar-refractivity contribution in [3.05, 3.63) is 39.3 Å². The molecule has 0 fully saturated rings. The molecule has 3 aromatic rings. The molecule has 0 saturated carbocycles. The Labute approximate surface area is 127 Å². The van der Waals surface area contributed by atoms with Crippen LogP contribution in [0.4, 0.5) is 0 Å². The van der Waals surface area contributed by atoms with Crippen molar-refractivity contribution in [2.45, 2.75) is 33.4 Å². The minimum Gasteiger partial charge on any atom is -0.294 e. The van der Waals surface area contributed by atoms with Crippen molar-refractivity contribution in [2.75, 3.05) is 7.05 Å². The molecular formula is C15H18N4OS. The first-order valence-corrected chi connectivity index (χ1v) is 7.72. The molecule has 110 valence electrons. The lowest BCUT2D eigenvalue weighted by atomic mass is 10.1. The van der Waals surface area contributed by atoms with Gasteiger partial charge in [0.05, 0.1) is 16.7 Å². The first kappa shape index (κ1) is 14.2. The van der Waals surface area contributed by atoms with Crippen LogP contribution in [0.25, 0.3) is 11.0 Å². The van der Waals surface area contributed by atoms with Crippen LogP contribution in [-0.4, -0.2) is 27.2 Å². The van der Waals surface area contributed by atoms with Crippen molar-refractivity contribution in [2.24, 2.45) is 0 Å². The van der Waals surface area contributed by atoms with Gasteiger partial charge in [0.25, 0.3) is 0 Å². The summed E-state index contributed by atoms with van der Waals surface area (Å²) in [6.45, 7) is 7.15. The van der Waals surface area contributed by atoms with Crippen LogP contribution in [0, 0.1) is 13.8 Å². The first-order chi connectivity index (χ1) is 10.1. The van der Waals surface area contributed by atoms with Crippen LogP contribution < -0.4 is 0 Å². The lowest BCUT2D eigenvalue weighted by molar-refractivity contribution is 0.249. The molecular weight excluding hydrogens is 284 g/mol. The number of rotatable bonds is 4. The summed E-state index contributed by atoms with van der Waals surface area (Å²) in [5.41, 5.74) is 3.91. The van der Waals surface area contributed by atoms with Crippen LogP contribution in [0.3, 0.4) is 0 Å². The number of thiazole rings is 1. The van der Waals surface area contributed by atoms with Gasteiger partial charge in [-0.05, 0) is 49.8 Å². The van der Waals surface area contributed by atoms with Crippen molar-refractivity contribution in [1.29, 1.82) is 0 Å². The van der Waals surface area contributed by atoms with Crippen molar-refractivity contribution in [3.63, 3.8) is 0 Å². The summed E-state index contributed by atoms with van der Waals surface area (Å²) in [6, 6.07) is 6.21. The molecule has 2 heterocycles. The fourth-order valence-electron chi connectivity index (χ4n) is 2.54. The number of fused-ring (bicyclic) bond motifs is 1. The SMILES string of the molecule is Cc1nc([C@H](C)N(C)Cc2cccc3nonc23)c(C)s1. The van der Waals surface area contributed by atoms with Gasteiger partial charge in [-0.1, -0.05) is 12.1 Å². The average molecular weight is 302 g/mol. The van der Waals surface area contributed by atoms with Crippen molar-refractivity contribution in [1.82, 2.24) is 20.2 Å². The molecule has 0 aliphatic carbocycles. The predicted molar refractivity (Wildman–Crippen MR) is 83.3 cm³/mol. The molecule has 0 radical (unpaired) electrons. The molecule has 0 N–H and O–H groups in total. The van der Waals surface area contributed by atoms with E-state index >= 15 is 0 Å². The van der Waals surface area contributed by atoms with E-state index in [4.69, 9.17) is 4.63 Å². The molecule has 2 aromatic heterocycles. The molecule has 0 aliphatic heterocycles. The van der Waals surface area contributed by atoms with E-state index in [-0.39, 0.29) is 6.04 Å². The largest absolute Gasteiger partial charge is 0.294 e. The minimum absolute atomic E-state index is 0.255. The molecule has 5 nitrogen and oxygen atoms in total. The predicted octanol–water partition coefficient (Wildman–Crippen LogP) is 3.49. The molecule has 0 saturated heterocycles. The van der Waals surface area contributed by atoms with E-state index in [9.17, 15) is 0 Å². The highest BCUT2D eigenvalue weighted by Crippen LogP contribution is 2.27. The summed E-state index contributed by atoms with van der Waals surface area (Å²) in [7, 11) is 2.10.